The lowest BCUT2D eigenvalue weighted by atomic mass is 9.95. The predicted molar refractivity (Wildman–Crippen MR) is 80.8 cm³/mol. The Morgan fingerprint density at radius 1 is 0.850 bits per heavy atom. The van der Waals surface area contributed by atoms with Gasteiger partial charge in [0.25, 0.3) is 0 Å². The van der Waals surface area contributed by atoms with Gasteiger partial charge in [-0.2, -0.15) is 0 Å². The highest BCUT2D eigenvalue weighted by molar-refractivity contribution is 5.63. The number of aliphatic hydroxyl groups excluding tert-OH is 1. The first-order valence-corrected chi connectivity index (χ1v) is 7.31. The zero-order valence-corrected chi connectivity index (χ0v) is 11.5. The first-order chi connectivity index (χ1) is 9.81. The van der Waals surface area contributed by atoms with Crippen LogP contribution in [0.3, 0.4) is 0 Å². The van der Waals surface area contributed by atoms with Crippen LogP contribution in [0.2, 0.25) is 0 Å². The van der Waals surface area contributed by atoms with Crippen molar-refractivity contribution in [1.29, 1.82) is 0 Å². The summed E-state index contributed by atoms with van der Waals surface area (Å²) in [5.41, 5.74) is 2.41. The van der Waals surface area contributed by atoms with Crippen LogP contribution < -0.4 is 4.74 Å². The summed E-state index contributed by atoms with van der Waals surface area (Å²) in [4.78, 5) is 0. The average Bonchev–Trinajstić information content (AvgIpc) is 2.49. The van der Waals surface area contributed by atoms with Crippen molar-refractivity contribution in [3.8, 4) is 16.9 Å². The Kier molecular flexibility index (Phi) is 4.03. The zero-order valence-electron chi connectivity index (χ0n) is 11.5. The highest BCUT2D eigenvalue weighted by Crippen LogP contribution is 2.26. The van der Waals surface area contributed by atoms with Crippen molar-refractivity contribution >= 4 is 0 Å². The van der Waals surface area contributed by atoms with Gasteiger partial charge in [0, 0.05) is 6.42 Å². The second kappa shape index (κ2) is 6.10. The summed E-state index contributed by atoms with van der Waals surface area (Å²) in [5.74, 6) is 0.892. The molecule has 2 atom stereocenters. The Labute approximate surface area is 120 Å². The second-order valence-electron chi connectivity index (χ2n) is 5.45. The molecule has 0 aromatic heterocycles. The molecule has 1 unspecified atom stereocenters. The van der Waals surface area contributed by atoms with Crippen molar-refractivity contribution in [2.45, 2.75) is 37.9 Å². The number of benzene rings is 2. The van der Waals surface area contributed by atoms with Gasteiger partial charge in [-0.25, -0.2) is 0 Å². The van der Waals surface area contributed by atoms with Crippen LogP contribution in [0.5, 0.6) is 5.75 Å². The molecule has 2 nitrogen and oxygen atoms in total. The molecule has 0 heterocycles. The third-order valence-corrected chi connectivity index (χ3v) is 3.86. The Bertz CT molecular complexity index is 533. The van der Waals surface area contributed by atoms with Crippen molar-refractivity contribution in [2.24, 2.45) is 0 Å². The van der Waals surface area contributed by atoms with Gasteiger partial charge in [0.2, 0.25) is 0 Å². The molecule has 2 aromatic rings. The maximum atomic E-state index is 9.67. The molecular formula is C18H20O2. The van der Waals surface area contributed by atoms with Crippen LogP contribution >= 0.6 is 0 Å². The van der Waals surface area contributed by atoms with Crippen LogP contribution in [0.25, 0.3) is 11.1 Å². The number of hydrogen-bond acceptors (Lipinski definition) is 2. The molecule has 1 fully saturated rings. The maximum absolute atomic E-state index is 9.67. The summed E-state index contributed by atoms with van der Waals surface area (Å²) in [6.07, 6.45) is 3.71. The molecule has 0 amide bonds. The summed E-state index contributed by atoms with van der Waals surface area (Å²) in [5, 5.41) is 9.67. The average molecular weight is 268 g/mol. The fraction of sp³-hybridized carbons (Fsp3) is 0.333. The van der Waals surface area contributed by atoms with E-state index in [1.807, 2.05) is 30.3 Å². The van der Waals surface area contributed by atoms with Crippen molar-refractivity contribution in [3.63, 3.8) is 0 Å². The Balaban J connectivity index is 1.67. The molecule has 0 saturated heterocycles. The maximum Gasteiger partial charge on any atom is 0.119 e. The molecule has 1 saturated carbocycles. The monoisotopic (exact) mass is 268 g/mol. The van der Waals surface area contributed by atoms with Gasteiger partial charge in [0.1, 0.15) is 11.9 Å². The molecule has 104 valence electrons. The van der Waals surface area contributed by atoms with Crippen LogP contribution in [-0.4, -0.2) is 17.3 Å². The number of ether oxygens (including phenoxy) is 1. The summed E-state index contributed by atoms with van der Waals surface area (Å²) >= 11 is 0. The van der Waals surface area contributed by atoms with Gasteiger partial charge in [-0.05, 0) is 42.5 Å². The minimum Gasteiger partial charge on any atom is -0.490 e. The molecule has 2 aromatic carbocycles. The fourth-order valence-corrected chi connectivity index (χ4v) is 2.78. The SMILES string of the molecule is OC1CCC[C@H](Oc2ccc(-c3ccccc3)cc2)C1. The van der Waals surface area contributed by atoms with Crippen molar-refractivity contribution < 1.29 is 9.84 Å². The molecule has 20 heavy (non-hydrogen) atoms. The topological polar surface area (TPSA) is 29.5 Å². The normalized spacial score (nSPS) is 22.4. The number of aliphatic hydroxyl groups is 1. The molecule has 0 bridgehead atoms. The van der Waals surface area contributed by atoms with Gasteiger partial charge in [-0.3, -0.25) is 0 Å². The molecule has 0 radical (unpaired) electrons. The first-order valence-electron chi connectivity index (χ1n) is 7.31. The largest absolute Gasteiger partial charge is 0.490 e. The number of rotatable bonds is 3. The molecule has 1 N–H and O–H groups in total. The summed E-state index contributed by atoms with van der Waals surface area (Å²) in [6.45, 7) is 0. The van der Waals surface area contributed by atoms with Crippen LogP contribution in [-0.2, 0) is 0 Å². The van der Waals surface area contributed by atoms with Gasteiger partial charge >= 0.3 is 0 Å². The first kappa shape index (κ1) is 13.2. The van der Waals surface area contributed by atoms with E-state index >= 15 is 0 Å². The van der Waals surface area contributed by atoms with Crippen LogP contribution in [0, 0.1) is 0 Å². The van der Waals surface area contributed by atoms with Crippen LogP contribution in [0.15, 0.2) is 54.6 Å². The molecule has 1 aliphatic rings. The van der Waals surface area contributed by atoms with Gasteiger partial charge in [-0.15, -0.1) is 0 Å². The molecule has 3 rings (SSSR count). The highest BCUT2D eigenvalue weighted by atomic mass is 16.5. The van der Waals surface area contributed by atoms with Crippen LogP contribution in [0.4, 0.5) is 0 Å². The second-order valence-corrected chi connectivity index (χ2v) is 5.45. The minimum atomic E-state index is -0.197. The van der Waals surface area contributed by atoms with Gasteiger partial charge in [-0.1, -0.05) is 42.5 Å². The standard InChI is InChI=1S/C18H20O2/c19-16-7-4-8-18(13-16)20-17-11-9-15(10-12-17)14-5-2-1-3-6-14/h1-3,5-6,9-12,16,18-19H,4,7-8,13H2/t16?,18-/m0/s1. The Hall–Kier alpha value is -1.80. The third kappa shape index (κ3) is 3.20. The van der Waals surface area contributed by atoms with Crippen molar-refractivity contribution in [1.82, 2.24) is 0 Å². The van der Waals surface area contributed by atoms with E-state index < -0.39 is 0 Å². The third-order valence-electron chi connectivity index (χ3n) is 3.86. The summed E-state index contributed by atoms with van der Waals surface area (Å²) in [6, 6.07) is 18.5. The van der Waals surface area contributed by atoms with Gasteiger partial charge in [0.05, 0.1) is 6.10 Å². The van der Waals surface area contributed by atoms with Crippen molar-refractivity contribution in [3.05, 3.63) is 54.6 Å². The van der Waals surface area contributed by atoms with E-state index in [2.05, 4.69) is 24.3 Å². The number of hydrogen-bond donors (Lipinski definition) is 1. The smallest absolute Gasteiger partial charge is 0.119 e. The van der Waals surface area contributed by atoms with E-state index in [-0.39, 0.29) is 12.2 Å². The van der Waals surface area contributed by atoms with E-state index in [0.717, 1.165) is 31.4 Å². The summed E-state index contributed by atoms with van der Waals surface area (Å²) < 4.78 is 5.96. The van der Waals surface area contributed by atoms with E-state index in [1.165, 1.54) is 11.1 Å². The highest BCUT2D eigenvalue weighted by Gasteiger charge is 2.21. The van der Waals surface area contributed by atoms with Gasteiger partial charge < -0.3 is 9.84 Å². The lowest BCUT2D eigenvalue weighted by molar-refractivity contribution is 0.0536. The lowest BCUT2D eigenvalue weighted by Crippen LogP contribution is -2.28. The molecule has 0 aliphatic heterocycles. The predicted octanol–water partition coefficient (Wildman–Crippen LogP) is 4.04. The van der Waals surface area contributed by atoms with E-state index in [9.17, 15) is 5.11 Å². The van der Waals surface area contributed by atoms with Gasteiger partial charge in [0.15, 0.2) is 0 Å². The molecule has 2 heteroatoms. The lowest BCUT2D eigenvalue weighted by Gasteiger charge is -2.26. The quantitative estimate of drug-likeness (QED) is 0.910. The van der Waals surface area contributed by atoms with E-state index in [4.69, 9.17) is 4.74 Å². The summed E-state index contributed by atoms with van der Waals surface area (Å²) in [7, 11) is 0. The van der Waals surface area contributed by atoms with E-state index in [1.54, 1.807) is 0 Å². The molecular weight excluding hydrogens is 248 g/mol. The molecule has 1 aliphatic carbocycles. The van der Waals surface area contributed by atoms with Crippen LogP contribution in [0.1, 0.15) is 25.7 Å². The Morgan fingerprint density at radius 3 is 2.25 bits per heavy atom. The molecule has 0 spiro atoms. The van der Waals surface area contributed by atoms with Crippen molar-refractivity contribution in [2.75, 3.05) is 0 Å². The van der Waals surface area contributed by atoms with E-state index in [0.29, 0.717) is 0 Å². The fourth-order valence-electron chi connectivity index (χ4n) is 2.78. The zero-order chi connectivity index (χ0) is 13.8. The Morgan fingerprint density at radius 2 is 1.55 bits per heavy atom. The minimum absolute atomic E-state index is 0.154.